The van der Waals surface area contributed by atoms with E-state index >= 15 is 0 Å². The molecule has 0 amide bonds. The van der Waals surface area contributed by atoms with Gasteiger partial charge in [0.15, 0.2) is 0 Å². The van der Waals surface area contributed by atoms with Gasteiger partial charge in [-0.2, -0.15) is 0 Å². The molecule has 0 rings (SSSR count). The fraction of sp³-hybridized carbons (Fsp3) is 0.571. The lowest BCUT2D eigenvalue weighted by Crippen LogP contribution is -2.09. The summed E-state index contributed by atoms with van der Waals surface area (Å²) in [4.78, 5) is 9.93. The average Bonchev–Trinajstić information content (AvgIpc) is 2.44. The molecule has 0 aliphatic rings. The molecule has 5 heteroatoms. The fourth-order valence-electron chi connectivity index (χ4n) is 1.22. The second-order valence-corrected chi connectivity index (χ2v) is 3.70. The maximum atomic E-state index is 9.93. The van der Waals surface area contributed by atoms with E-state index in [-0.39, 0.29) is 12.2 Å². The number of hydrogen-bond acceptors (Lipinski definition) is 5. The molecule has 0 heterocycles. The van der Waals surface area contributed by atoms with Crippen molar-refractivity contribution in [3.05, 3.63) is 25.3 Å². The Balaban J connectivity index is 0. The molecule has 2 atom stereocenters. The molecule has 0 aromatic rings. The summed E-state index contributed by atoms with van der Waals surface area (Å²) in [7, 11) is 3.22. The van der Waals surface area contributed by atoms with Crippen LogP contribution in [0.5, 0.6) is 0 Å². The van der Waals surface area contributed by atoms with Gasteiger partial charge in [0.05, 0.1) is 12.2 Å². The molecule has 0 bridgehead atoms. The summed E-state index contributed by atoms with van der Waals surface area (Å²) in [5.41, 5.74) is 0. The summed E-state index contributed by atoms with van der Waals surface area (Å²) in [6.45, 7) is 7.10. The zero-order chi connectivity index (χ0) is 14.9. The van der Waals surface area contributed by atoms with Gasteiger partial charge in [0.25, 0.3) is 0 Å². The lowest BCUT2D eigenvalue weighted by atomic mass is 10.2. The van der Waals surface area contributed by atoms with Crippen LogP contribution in [-0.4, -0.2) is 44.1 Å². The van der Waals surface area contributed by atoms with Gasteiger partial charge in [0, 0.05) is 33.3 Å². The SMILES string of the molecule is C=CCC(CC=NO)OC.C=CCC(CC=O)OC. The lowest BCUT2D eigenvalue weighted by Gasteiger charge is -2.08. The van der Waals surface area contributed by atoms with Gasteiger partial charge in [-0.1, -0.05) is 12.2 Å². The number of ether oxygens (including phenoxy) is 2. The van der Waals surface area contributed by atoms with E-state index in [0.717, 1.165) is 19.1 Å². The van der Waals surface area contributed by atoms with Crippen molar-refractivity contribution < 1.29 is 19.5 Å². The number of carbonyl (C=O) groups is 1. The molecule has 2 unspecified atom stereocenters. The van der Waals surface area contributed by atoms with Crippen LogP contribution in [0.3, 0.4) is 0 Å². The van der Waals surface area contributed by atoms with Crippen molar-refractivity contribution in [2.75, 3.05) is 14.2 Å². The molecule has 0 saturated carbocycles. The topological polar surface area (TPSA) is 68.1 Å². The molecule has 0 aromatic heterocycles. The van der Waals surface area contributed by atoms with Crippen molar-refractivity contribution in [2.24, 2.45) is 5.16 Å². The molecule has 0 aliphatic carbocycles. The van der Waals surface area contributed by atoms with Gasteiger partial charge < -0.3 is 19.5 Å². The van der Waals surface area contributed by atoms with Crippen LogP contribution in [0.4, 0.5) is 0 Å². The molecular formula is C14H25NO4. The van der Waals surface area contributed by atoms with E-state index in [2.05, 4.69) is 18.3 Å². The van der Waals surface area contributed by atoms with Crippen LogP contribution in [0.1, 0.15) is 25.7 Å². The number of rotatable bonds is 10. The zero-order valence-electron chi connectivity index (χ0n) is 11.8. The Morgan fingerprint density at radius 2 is 1.53 bits per heavy atom. The Bertz CT molecular complexity index is 244. The number of oxime groups is 1. The monoisotopic (exact) mass is 271 g/mol. The third-order valence-electron chi connectivity index (χ3n) is 2.33. The maximum Gasteiger partial charge on any atom is 0.122 e. The van der Waals surface area contributed by atoms with Gasteiger partial charge in [0.1, 0.15) is 6.29 Å². The zero-order valence-corrected chi connectivity index (χ0v) is 11.8. The van der Waals surface area contributed by atoms with Crippen LogP contribution in [0, 0.1) is 0 Å². The van der Waals surface area contributed by atoms with Gasteiger partial charge >= 0.3 is 0 Å². The Hall–Kier alpha value is -1.46. The molecule has 110 valence electrons. The lowest BCUT2D eigenvalue weighted by molar-refractivity contribution is -0.109. The summed E-state index contributed by atoms with van der Waals surface area (Å²) >= 11 is 0. The largest absolute Gasteiger partial charge is 0.411 e. The highest BCUT2D eigenvalue weighted by molar-refractivity contribution is 5.56. The number of aldehydes is 1. The van der Waals surface area contributed by atoms with Gasteiger partial charge in [-0.25, -0.2) is 0 Å². The van der Waals surface area contributed by atoms with Gasteiger partial charge in [-0.3, -0.25) is 0 Å². The molecule has 1 N–H and O–H groups in total. The Morgan fingerprint density at radius 3 is 1.84 bits per heavy atom. The standard InChI is InChI=1S/C7H13NO2.C7H12O2/c1-3-4-7(10-2)5-6-8-9;1-3-4-7(9-2)5-6-8/h3,6-7,9H,1,4-5H2,2H3;3,6-7H,1,4-5H2,2H3. The molecular weight excluding hydrogens is 246 g/mol. The van der Waals surface area contributed by atoms with Crippen molar-refractivity contribution in [1.29, 1.82) is 0 Å². The summed E-state index contributed by atoms with van der Waals surface area (Å²) in [5, 5.41) is 10.9. The van der Waals surface area contributed by atoms with Crippen LogP contribution in [0.2, 0.25) is 0 Å². The van der Waals surface area contributed by atoms with Crippen molar-refractivity contribution in [3.8, 4) is 0 Å². The highest BCUT2D eigenvalue weighted by atomic mass is 16.5. The van der Waals surface area contributed by atoms with Crippen molar-refractivity contribution in [2.45, 2.75) is 37.9 Å². The normalized spacial score (nSPS) is 13.2. The van der Waals surface area contributed by atoms with Crippen molar-refractivity contribution in [3.63, 3.8) is 0 Å². The van der Waals surface area contributed by atoms with Gasteiger partial charge in [0.2, 0.25) is 0 Å². The third kappa shape index (κ3) is 14.5. The van der Waals surface area contributed by atoms with E-state index in [9.17, 15) is 4.79 Å². The average molecular weight is 271 g/mol. The maximum absolute atomic E-state index is 9.93. The minimum Gasteiger partial charge on any atom is -0.411 e. The Morgan fingerprint density at radius 1 is 1.05 bits per heavy atom. The first kappa shape index (κ1) is 19.9. The van der Waals surface area contributed by atoms with Crippen molar-refractivity contribution >= 4 is 12.5 Å². The predicted molar refractivity (Wildman–Crippen MR) is 76.8 cm³/mol. The molecule has 0 saturated heterocycles. The molecule has 19 heavy (non-hydrogen) atoms. The Kier molecular flexibility index (Phi) is 17.3. The molecule has 0 aliphatic heterocycles. The van der Waals surface area contributed by atoms with E-state index in [4.69, 9.17) is 14.7 Å². The summed E-state index contributed by atoms with van der Waals surface area (Å²) in [6.07, 6.45) is 8.53. The highest BCUT2D eigenvalue weighted by Gasteiger charge is 2.01. The summed E-state index contributed by atoms with van der Waals surface area (Å²) < 4.78 is 9.95. The number of methoxy groups -OCH3 is 2. The first-order valence-electron chi connectivity index (χ1n) is 6.06. The highest BCUT2D eigenvalue weighted by Crippen LogP contribution is 2.00. The minimum atomic E-state index is 0.0278. The van der Waals surface area contributed by atoms with Crippen molar-refractivity contribution in [1.82, 2.24) is 0 Å². The van der Waals surface area contributed by atoms with Crippen LogP contribution in [0.15, 0.2) is 30.5 Å². The van der Waals surface area contributed by atoms with E-state index in [1.807, 2.05) is 0 Å². The second-order valence-electron chi connectivity index (χ2n) is 3.70. The minimum absolute atomic E-state index is 0.0278. The first-order chi connectivity index (χ1) is 9.19. The molecule has 0 radical (unpaired) electrons. The second kappa shape index (κ2) is 16.5. The first-order valence-corrected chi connectivity index (χ1v) is 6.06. The number of hydrogen-bond donors (Lipinski definition) is 1. The predicted octanol–water partition coefficient (Wildman–Crippen LogP) is 2.59. The van der Waals surface area contributed by atoms with E-state index < -0.39 is 0 Å². The van der Waals surface area contributed by atoms with E-state index in [1.165, 1.54) is 6.21 Å². The van der Waals surface area contributed by atoms with Crippen LogP contribution < -0.4 is 0 Å². The summed E-state index contributed by atoms with van der Waals surface area (Å²) in [6, 6.07) is 0. The fourth-order valence-corrected chi connectivity index (χ4v) is 1.22. The summed E-state index contributed by atoms with van der Waals surface area (Å²) in [5.74, 6) is 0. The molecule has 5 nitrogen and oxygen atoms in total. The number of nitrogens with zero attached hydrogens (tertiary/aromatic N) is 1. The van der Waals surface area contributed by atoms with Gasteiger partial charge in [-0.15, -0.1) is 18.3 Å². The van der Waals surface area contributed by atoms with Crippen LogP contribution in [0.25, 0.3) is 0 Å². The molecule has 0 aromatic carbocycles. The Labute approximate surface area is 115 Å². The van der Waals surface area contributed by atoms with E-state index in [0.29, 0.717) is 12.8 Å². The van der Waals surface area contributed by atoms with E-state index in [1.54, 1.807) is 26.4 Å². The smallest absolute Gasteiger partial charge is 0.122 e. The van der Waals surface area contributed by atoms with Crippen LogP contribution >= 0.6 is 0 Å². The number of carbonyl (C=O) groups excluding carboxylic acids is 1. The molecule has 0 spiro atoms. The quantitative estimate of drug-likeness (QED) is 0.218. The molecule has 0 fully saturated rings. The van der Waals surface area contributed by atoms with Gasteiger partial charge in [-0.05, 0) is 12.8 Å². The van der Waals surface area contributed by atoms with Crippen LogP contribution in [-0.2, 0) is 14.3 Å². The third-order valence-corrected chi connectivity index (χ3v) is 2.33.